The molecule has 0 amide bonds. The molecule has 1 aliphatic carbocycles. The second kappa shape index (κ2) is 7.68. The Morgan fingerprint density at radius 2 is 1.29 bits per heavy atom. The van der Waals surface area contributed by atoms with Gasteiger partial charge in [0, 0.05) is 22.6 Å². The normalized spacial score (nSPS) is 21.6. The molecule has 1 aromatic carbocycles. The lowest BCUT2D eigenvalue weighted by Crippen LogP contribution is -2.25. The van der Waals surface area contributed by atoms with Crippen LogP contribution in [0.2, 0.25) is 0 Å². The molecule has 1 aliphatic heterocycles. The summed E-state index contributed by atoms with van der Waals surface area (Å²) >= 11 is 0. The molecule has 1 nitrogen and oxygen atoms in total. The zero-order chi connectivity index (χ0) is 14.3. The van der Waals surface area contributed by atoms with Crippen LogP contribution in [-0.4, -0.2) is 0 Å². The fraction of sp³-hybridized carbons (Fsp3) is 0.600. The quantitative estimate of drug-likeness (QED) is 0.737. The van der Waals surface area contributed by atoms with Crippen LogP contribution in [0.1, 0.15) is 70.6 Å². The number of hydrogen-bond acceptors (Lipinski definition) is 0. The van der Waals surface area contributed by atoms with E-state index in [9.17, 15) is 0 Å². The minimum atomic E-state index is 0.685. The first kappa shape index (κ1) is 14.7. The molecular weight excluding hydrogens is 254 g/mol. The molecule has 0 unspecified atom stereocenters. The summed E-state index contributed by atoms with van der Waals surface area (Å²) in [5.74, 6) is 0.685. The number of hydrogen-bond donors (Lipinski definition) is 0. The maximum atomic E-state index is 4.79. The minimum absolute atomic E-state index is 0.685. The van der Waals surface area contributed by atoms with Crippen molar-refractivity contribution in [3.8, 4) is 0 Å². The molecule has 0 atom stereocenters. The summed E-state index contributed by atoms with van der Waals surface area (Å²) < 4.78 is 0. The Kier molecular flexibility index (Phi) is 5.37. The summed E-state index contributed by atoms with van der Waals surface area (Å²) in [4.78, 5) is 0. The number of benzene rings is 1. The van der Waals surface area contributed by atoms with E-state index in [1.54, 1.807) is 0 Å². The zero-order valence-electron chi connectivity index (χ0n) is 13.2. The lowest BCUT2D eigenvalue weighted by Gasteiger charge is -2.18. The Morgan fingerprint density at radius 1 is 0.714 bits per heavy atom. The summed E-state index contributed by atoms with van der Waals surface area (Å²) in [5, 5.41) is 7.50. The molecule has 1 heterocycles. The average molecular weight is 282 g/mol. The Balaban J connectivity index is 1.74. The summed E-state index contributed by atoms with van der Waals surface area (Å²) in [7, 11) is 0. The van der Waals surface area contributed by atoms with Gasteiger partial charge in [0.2, 0.25) is 0 Å². The summed E-state index contributed by atoms with van der Waals surface area (Å²) in [6, 6.07) is 8.73. The van der Waals surface area contributed by atoms with Crippen molar-refractivity contribution in [2.75, 3.05) is 0 Å². The van der Waals surface area contributed by atoms with Crippen molar-refractivity contribution in [2.45, 2.75) is 70.6 Å². The van der Waals surface area contributed by atoms with E-state index in [1.165, 1.54) is 86.8 Å². The van der Waals surface area contributed by atoms with Gasteiger partial charge in [-0.2, -0.15) is 0 Å². The third-order valence-corrected chi connectivity index (χ3v) is 5.07. The van der Waals surface area contributed by atoms with E-state index in [0.717, 1.165) is 0 Å². The molecule has 0 bridgehead atoms. The second-order valence-corrected chi connectivity index (χ2v) is 6.69. The molecule has 1 heteroatoms. The minimum Gasteiger partial charge on any atom is -0.260 e. The fourth-order valence-electron chi connectivity index (χ4n) is 3.81. The van der Waals surface area contributed by atoms with Gasteiger partial charge >= 0.3 is 0 Å². The smallest absolute Gasteiger partial charge is 0.0513 e. The predicted octanol–water partition coefficient (Wildman–Crippen LogP) is 4.07. The Morgan fingerprint density at radius 3 is 1.95 bits per heavy atom. The summed E-state index contributed by atoms with van der Waals surface area (Å²) in [5.41, 5.74) is 1.38. The van der Waals surface area contributed by atoms with Gasteiger partial charge in [-0.3, -0.25) is 5.32 Å². The van der Waals surface area contributed by atoms with Gasteiger partial charge in [-0.05, 0) is 12.8 Å². The highest BCUT2D eigenvalue weighted by Gasteiger charge is 2.18. The summed E-state index contributed by atoms with van der Waals surface area (Å²) in [6.07, 6.45) is 17.5. The van der Waals surface area contributed by atoms with Crippen LogP contribution >= 0.6 is 0 Å². The van der Waals surface area contributed by atoms with E-state index in [1.807, 2.05) is 0 Å². The second-order valence-electron chi connectivity index (χ2n) is 6.69. The Labute approximate surface area is 129 Å². The van der Waals surface area contributed by atoms with E-state index in [2.05, 4.69) is 30.5 Å². The van der Waals surface area contributed by atoms with Gasteiger partial charge in [0.15, 0.2) is 0 Å². The van der Waals surface area contributed by atoms with Crippen LogP contribution < -0.4 is 15.8 Å². The number of nitrogens with zero attached hydrogens (tertiary/aromatic N) is 1. The topological polar surface area (TPSA) is 14.1 Å². The molecule has 0 spiro atoms. The molecule has 3 rings (SSSR count). The van der Waals surface area contributed by atoms with Crippen LogP contribution in [0.5, 0.6) is 0 Å². The molecule has 0 saturated heterocycles. The van der Waals surface area contributed by atoms with Gasteiger partial charge in [0.05, 0.1) is 5.70 Å². The van der Waals surface area contributed by atoms with E-state index in [0.29, 0.717) is 5.92 Å². The molecule has 2 aliphatic rings. The van der Waals surface area contributed by atoms with Crippen molar-refractivity contribution in [3.63, 3.8) is 0 Å². The van der Waals surface area contributed by atoms with Crippen LogP contribution in [0.15, 0.2) is 24.3 Å². The van der Waals surface area contributed by atoms with Crippen molar-refractivity contribution in [1.29, 1.82) is 0 Å². The maximum Gasteiger partial charge on any atom is 0.0513 e. The van der Waals surface area contributed by atoms with E-state index in [4.69, 9.17) is 5.32 Å². The molecule has 1 aromatic rings. The summed E-state index contributed by atoms with van der Waals surface area (Å²) in [6.45, 7) is 0. The zero-order valence-corrected chi connectivity index (χ0v) is 13.2. The Hall–Kier alpha value is -1.24. The van der Waals surface area contributed by atoms with Crippen molar-refractivity contribution < 1.29 is 0 Å². The monoisotopic (exact) mass is 282 g/mol. The average Bonchev–Trinajstić information content (AvgIpc) is 2.92. The van der Waals surface area contributed by atoms with Gasteiger partial charge in [0.25, 0.3) is 0 Å². The lowest BCUT2D eigenvalue weighted by atomic mass is 9.90. The van der Waals surface area contributed by atoms with Crippen LogP contribution in [0.25, 0.3) is 11.9 Å². The molecule has 1 fully saturated rings. The van der Waals surface area contributed by atoms with Crippen LogP contribution in [0.3, 0.4) is 0 Å². The largest absolute Gasteiger partial charge is 0.260 e. The van der Waals surface area contributed by atoms with Gasteiger partial charge in [-0.1, -0.05) is 82.1 Å². The standard InChI is InChI=1S/C20H28N/c1-2-4-6-8-12-17(13-9-7-5-3-1)20-19-15-11-10-14-18(19)16-21-20/h10-11,14-17H,1-9,12-13H2. The highest BCUT2D eigenvalue weighted by molar-refractivity contribution is 5.56. The fourth-order valence-corrected chi connectivity index (χ4v) is 3.81. The van der Waals surface area contributed by atoms with Crippen molar-refractivity contribution >= 4 is 11.9 Å². The van der Waals surface area contributed by atoms with Gasteiger partial charge in [-0.25, -0.2) is 0 Å². The third kappa shape index (κ3) is 3.90. The molecule has 0 N–H and O–H groups in total. The van der Waals surface area contributed by atoms with E-state index < -0.39 is 0 Å². The molecule has 21 heavy (non-hydrogen) atoms. The molecule has 1 radical (unpaired) electrons. The first-order valence-corrected chi connectivity index (χ1v) is 8.95. The molecule has 0 aromatic heterocycles. The van der Waals surface area contributed by atoms with Gasteiger partial charge < -0.3 is 0 Å². The van der Waals surface area contributed by atoms with Crippen LogP contribution in [-0.2, 0) is 0 Å². The third-order valence-electron chi connectivity index (χ3n) is 5.07. The first-order valence-electron chi connectivity index (χ1n) is 8.95. The van der Waals surface area contributed by atoms with E-state index in [-0.39, 0.29) is 0 Å². The highest BCUT2D eigenvalue weighted by atomic mass is 14.9. The van der Waals surface area contributed by atoms with E-state index >= 15 is 0 Å². The molecular formula is C20H28N. The van der Waals surface area contributed by atoms with Gasteiger partial charge in [-0.15, -0.1) is 0 Å². The van der Waals surface area contributed by atoms with Crippen molar-refractivity contribution in [2.24, 2.45) is 5.92 Å². The van der Waals surface area contributed by atoms with Gasteiger partial charge in [0.1, 0.15) is 0 Å². The van der Waals surface area contributed by atoms with Crippen LogP contribution in [0, 0.1) is 5.92 Å². The maximum absolute atomic E-state index is 4.79. The SMILES string of the molecule is C1=c2ccccc2=C(C2CCCCCCCCCCC2)[N]1. The number of fused-ring (bicyclic) bond motifs is 1. The lowest BCUT2D eigenvalue weighted by molar-refractivity contribution is 0.451. The molecule has 113 valence electrons. The number of rotatable bonds is 1. The predicted molar refractivity (Wildman–Crippen MR) is 90.0 cm³/mol. The molecule has 1 saturated carbocycles. The van der Waals surface area contributed by atoms with Crippen molar-refractivity contribution in [3.05, 3.63) is 34.7 Å². The first-order chi connectivity index (χ1) is 10.4. The Bertz CT molecular complexity index is 545. The van der Waals surface area contributed by atoms with Crippen molar-refractivity contribution in [1.82, 2.24) is 5.32 Å². The highest BCUT2D eigenvalue weighted by Crippen LogP contribution is 2.26. The van der Waals surface area contributed by atoms with Crippen LogP contribution in [0.4, 0.5) is 0 Å².